The predicted octanol–water partition coefficient (Wildman–Crippen LogP) is 2.30. The van der Waals surface area contributed by atoms with E-state index >= 15 is 0 Å². The standard InChI is InChI=1S/C13H20ClN3O3S/c1-3-5-8-17(9-6-7-9)13(18)11-12(21(14,19)20)10(4-2)15-16-11/h9H,3-8H2,1-2H3,(H,15,16). The molecule has 1 aliphatic rings. The Morgan fingerprint density at radius 2 is 2.10 bits per heavy atom. The van der Waals surface area contributed by atoms with Gasteiger partial charge in [-0.15, -0.1) is 0 Å². The van der Waals surface area contributed by atoms with Gasteiger partial charge < -0.3 is 4.90 Å². The van der Waals surface area contributed by atoms with Crippen molar-refractivity contribution in [1.29, 1.82) is 0 Å². The third-order valence-electron chi connectivity index (χ3n) is 3.59. The number of carbonyl (C=O) groups is 1. The zero-order valence-electron chi connectivity index (χ0n) is 12.2. The van der Waals surface area contributed by atoms with E-state index in [0.717, 1.165) is 25.7 Å². The third-order valence-corrected chi connectivity index (χ3v) is 4.98. The van der Waals surface area contributed by atoms with Crippen molar-refractivity contribution in [2.75, 3.05) is 6.54 Å². The van der Waals surface area contributed by atoms with E-state index in [0.29, 0.717) is 18.7 Å². The van der Waals surface area contributed by atoms with Crippen LogP contribution < -0.4 is 0 Å². The van der Waals surface area contributed by atoms with E-state index in [9.17, 15) is 13.2 Å². The monoisotopic (exact) mass is 333 g/mol. The molecule has 1 saturated carbocycles. The van der Waals surface area contributed by atoms with Crippen LogP contribution in [0.5, 0.6) is 0 Å². The topological polar surface area (TPSA) is 83.1 Å². The quantitative estimate of drug-likeness (QED) is 0.776. The summed E-state index contributed by atoms with van der Waals surface area (Å²) >= 11 is 0. The second kappa shape index (κ2) is 6.36. The Balaban J connectivity index is 2.36. The minimum Gasteiger partial charge on any atom is -0.334 e. The van der Waals surface area contributed by atoms with Crippen LogP contribution in [-0.2, 0) is 15.5 Å². The molecule has 1 aromatic heterocycles. The molecule has 1 aromatic rings. The summed E-state index contributed by atoms with van der Waals surface area (Å²) in [5.74, 6) is -0.346. The second-order valence-corrected chi connectivity index (χ2v) is 7.76. The summed E-state index contributed by atoms with van der Waals surface area (Å²) in [6.07, 6.45) is 4.20. The number of aromatic nitrogens is 2. The van der Waals surface area contributed by atoms with Gasteiger partial charge in [0.1, 0.15) is 4.90 Å². The predicted molar refractivity (Wildman–Crippen MR) is 80.0 cm³/mol. The molecular formula is C13H20ClN3O3S. The van der Waals surface area contributed by atoms with Crippen LogP contribution in [0.15, 0.2) is 4.90 Å². The van der Waals surface area contributed by atoms with Crippen molar-refractivity contribution in [3.05, 3.63) is 11.4 Å². The molecule has 118 valence electrons. The van der Waals surface area contributed by atoms with E-state index in [1.165, 1.54) is 0 Å². The number of hydrogen-bond donors (Lipinski definition) is 1. The van der Waals surface area contributed by atoms with E-state index in [-0.39, 0.29) is 22.5 Å². The van der Waals surface area contributed by atoms with Gasteiger partial charge in [-0.1, -0.05) is 20.3 Å². The Labute approximate surface area is 129 Å². The average Bonchev–Trinajstić information content (AvgIpc) is 3.15. The Hall–Kier alpha value is -1.08. The molecule has 0 unspecified atom stereocenters. The SMILES string of the molecule is CCCCN(C(=O)c1n[nH]c(CC)c1S(=O)(=O)Cl)C1CC1. The molecule has 0 bridgehead atoms. The smallest absolute Gasteiger partial charge is 0.276 e. The maximum absolute atomic E-state index is 12.6. The van der Waals surface area contributed by atoms with E-state index in [1.807, 2.05) is 6.92 Å². The molecule has 1 N–H and O–H groups in total. The van der Waals surface area contributed by atoms with E-state index in [1.54, 1.807) is 11.8 Å². The number of hydrogen-bond acceptors (Lipinski definition) is 4. The molecule has 21 heavy (non-hydrogen) atoms. The number of rotatable bonds is 7. The van der Waals surface area contributed by atoms with Crippen molar-refractivity contribution in [3.8, 4) is 0 Å². The fraction of sp³-hybridized carbons (Fsp3) is 0.692. The summed E-state index contributed by atoms with van der Waals surface area (Å²) in [5, 5.41) is 6.53. The van der Waals surface area contributed by atoms with E-state index < -0.39 is 9.05 Å². The van der Waals surface area contributed by atoms with Crippen LogP contribution in [0.25, 0.3) is 0 Å². The Morgan fingerprint density at radius 1 is 1.43 bits per heavy atom. The summed E-state index contributed by atoms with van der Waals surface area (Å²) in [6.45, 7) is 4.45. The largest absolute Gasteiger partial charge is 0.334 e. The van der Waals surface area contributed by atoms with Gasteiger partial charge in [-0.3, -0.25) is 9.89 Å². The first-order chi connectivity index (χ1) is 9.90. The van der Waals surface area contributed by atoms with Gasteiger partial charge in [0, 0.05) is 23.3 Å². The highest BCUT2D eigenvalue weighted by Gasteiger charge is 2.37. The first-order valence-electron chi connectivity index (χ1n) is 7.23. The second-order valence-electron chi connectivity index (χ2n) is 5.25. The Morgan fingerprint density at radius 3 is 2.57 bits per heavy atom. The van der Waals surface area contributed by atoms with Crippen molar-refractivity contribution >= 4 is 25.6 Å². The van der Waals surface area contributed by atoms with Gasteiger partial charge in [-0.05, 0) is 25.7 Å². The summed E-state index contributed by atoms with van der Waals surface area (Å²) in [4.78, 5) is 14.2. The number of amides is 1. The lowest BCUT2D eigenvalue weighted by Crippen LogP contribution is -2.35. The lowest BCUT2D eigenvalue weighted by Gasteiger charge is -2.21. The zero-order valence-corrected chi connectivity index (χ0v) is 13.8. The molecule has 0 aromatic carbocycles. The highest BCUT2D eigenvalue weighted by atomic mass is 35.7. The van der Waals surface area contributed by atoms with Gasteiger partial charge in [0.15, 0.2) is 5.69 Å². The maximum Gasteiger partial charge on any atom is 0.276 e. The number of aryl methyl sites for hydroxylation is 1. The molecule has 1 aliphatic carbocycles. The number of unbranched alkanes of at least 4 members (excludes halogenated alkanes) is 1. The molecule has 1 fully saturated rings. The van der Waals surface area contributed by atoms with Crippen LogP contribution in [0.3, 0.4) is 0 Å². The van der Waals surface area contributed by atoms with Gasteiger partial charge >= 0.3 is 0 Å². The van der Waals surface area contributed by atoms with Gasteiger partial charge in [-0.25, -0.2) is 8.42 Å². The molecule has 0 saturated heterocycles. The number of halogens is 1. The molecule has 6 nitrogen and oxygen atoms in total. The minimum absolute atomic E-state index is 0.0788. The van der Waals surface area contributed by atoms with Crippen LogP contribution in [0.4, 0.5) is 0 Å². The highest BCUT2D eigenvalue weighted by molar-refractivity contribution is 8.13. The van der Waals surface area contributed by atoms with Crippen LogP contribution in [0.1, 0.15) is 55.7 Å². The molecule has 8 heteroatoms. The first-order valence-corrected chi connectivity index (χ1v) is 9.53. The van der Waals surface area contributed by atoms with Crippen molar-refractivity contribution in [1.82, 2.24) is 15.1 Å². The normalized spacial score (nSPS) is 15.2. The van der Waals surface area contributed by atoms with Crippen LogP contribution >= 0.6 is 10.7 Å². The fourth-order valence-electron chi connectivity index (χ4n) is 2.32. The van der Waals surface area contributed by atoms with Gasteiger partial charge in [0.2, 0.25) is 0 Å². The van der Waals surface area contributed by atoms with E-state index in [4.69, 9.17) is 10.7 Å². The van der Waals surface area contributed by atoms with Gasteiger partial charge in [0.05, 0.1) is 5.69 Å². The molecule has 1 amide bonds. The maximum atomic E-state index is 12.6. The molecule has 0 radical (unpaired) electrons. The lowest BCUT2D eigenvalue weighted by molar-refractivity contribution is 0.0731. The number of nitrogens with one attached hydrogen (secondary N) is 1. The number of nitrogens with zero attached hydrogens (tertiary/aromatic N) is 2. The average molecular weight is 334 g/mol. The summed E-state index contributed by atoms with van der Waals surface area (Å²) < 4.78 is 23.5. The summed E-state index contributed by atoms with van der Waals surface area (Å²) in [7, 11) is 1.47. The number of carbonyl (C=O) groups excluding carboxylic acids is 1. The van der Waals surface area contributed by atoms with Crippen LogP contribution in [0.2, 0.25) is 0 Å². The third kappa shape index (κ3) is 3.58. The molecule has 0 atom stereocenters. The van der Waals surface area contributed by atoms with Crippen molar-refractivity contribution in [3.63, 3.8) is 0 Å². The van der Waals surface area contributed by atoms with Gasteiger partial charge in [0.25, 0.3) is 15.0 Å². The summed E-state index contributed by atoms with van der Waals surface area (Å²) in [5.41, 5.74) is 0.296. The van der Waals surface area contributed by atoms with Crippen molar-refractivity contribution < 1.29 is 13.2 Å². The molecule has 1 heterocycles. The molecular weight excluding hydrogens is 314 g/mol. The Kier molecular flexibility index (Phi) is 4.93. The Bertz CT molecular complexity index is 623. The molecule has 2 rings (SSSR count). The molecule has 0 aliphatic heterocycles. The fourth-order valence-corrected chi connectivity index (χ4v) is 3.66. The number of aromatic amines is 1. The first kappa shape index (κ1) is 16.3. The van der Waals surface area contributed by atoms with Crippen molar-refractivity contribution in [2.24, 2.45) is 0 Å². The lowest BCUT2D eigenvalue weighted by atomic mass is 10.2. The number of H-pyrrole nitrogens is 1. The minimum atomic E-state index is -4.01. The zero-order chi connectivity index (χ0) is 15.6. The highest BCUT2D eigenvalue weighted by Crippen LogP contribution is 2.31. The van der Waals surface area contributed by atoms with Crippen molar-refractivity contribution in [2.45, 2.75) is 56.9 Å². The van der Waals surface area contributed by atoms with Crippen LogP contribution in [-0.4, -0.2) is 42.0 Å². The van der Waals surface area contributed by atoms with E-state index in [2.05, 4.69) is 10.2 Å². The van der Waals surface area contributed by atoms with Crippen LogP contribution in [0, 0.1) is 0 Å². The summed E-state index contributed by atoms with van der Waals surface area (Å²) in [6, 6.07) is 0.205. The van der Waals surface area contributed by atoms with Gasteiger partial charge in [-0.2, -0.15) is 5.10 Å². The molecule has 0 spiro atoms.